The Morgan fingerprint density at radius 1 is 1.05 bits per heavy atom. The first-order valence-corrected chi connectivity index (χ1v) is 8.86. The van der Waals surface area contributed by atoms with Crippen molar-refractivity contribution in [2.45, 2.75) is 75.8 Å². The van der Waals surface area contributed by atoms with Gasteiger partial charge in [0.2, 0.25) is 0 Å². The maximum Gasteiger partial charge on any atom is 0.113 e. The molecule has 0 atom stereocenters. The molecule has 0 aliphatic heterocycles. The van der Waals surface area contributed by atoms with Crippen molar-refractivity contribution in [2.75, 3.05) is 0 Å². The van der Waals surface area contributed by atoms with E-state index in [1.807, 2.05) is 17.5 Å². The second-order valence-electron chi connectivity index (χ2n) is 7.05. The Morgan fingerprint density at radius 2 is 1.79 bits per heavy atom. The molecule has 0 unspecified atom stereocenters. The van der Waals surface area contributed by atoms with Crippen molar-refractivity contribution in [3.8, 4) is 0 Å². The third kappa shape index (κ3) is 2.25. The molecule has 0 amide bonds. The number of rotatable bonds is 3. The molecule has 19 heavy (non-hydrogen) atoms. The molecule has 0 radical (unpaired) electrons. The summed E-state index contributed by atoms with van der Waals surface area (Å²) in [6.07, 6.45) is 16.1. The van der Waals surface area contributed by atoms with Crippen LogP contribution in [0.4, 0.5) is 0 Å². The van der Waals surface area contributed by atoms with Gasteiger partial charge >= 0.3 is 0 Å². The van der Waals surface area contributed by atoms with Crippen LogP contribution < -0.4 is 5.32 Å². The number of aromatic nitrogens is 1. The van der Waals surface area contributed by atoms with E-state index in [1.165, 1.54) is 69.2 Å². The highest BCUT2D eigenvalue weighted by molar-refractivity contribution is 7.09. The lowest BCUT2D eigenvalue weighted by atomic mass is 9.66. The van der Waals surface area contributed by atoms with E-state index in [4.69, 9.17) is 0 Å². The zero-order chi connectivity index (χ0) is 12.8. The Bertz CT molecular complexity index is 420. The standard InChI is InChI=1S/C16H24N2S/c1-2-6-15(5-1)7-9-16(10-8-15,18-13-3-4-13)14-17-11-12-19-14/h11-13,18H,1-10H2. The van der Waals surface area contributed by atoms with Gasteiger partial charge in [-0.15, -0.1) is 11.3 Å². The van der Waals surface area contributed by atoms with Gasteiger partial charge < -0.3 is 5.32 Å². The van der Waals surface area contributed by atoms with Crippen LogP contribution in [-0.4, -0.2) is 11.0 Å². The van der Waals surface area contributed by atoms with Crippen molar-refractivity contribution >= 4 is 11.3 Å². The first kappa shape index (κ1) is 12.3. The van der Waals surface area contributed by atoms with Crippen molar-refractivity contribution in [2.24, 2.45) is 5.41 Å². The van der Waals surface area contributed by atoms with Gasteiger partial charge in [0.1, 0.15) is 5.01 Å². The lowest BCUT2D eigenvalue weighted by Crippen LogP contribution is -2.48. The Balaban J connectivity index is 1.55. The molecule has 1 aromatic rings. The second kappa shape index (κ2) is 4.56. The highest BCUT2D eigenvalue weighted by Gasteiger charge is 2.47. The number of hydrogen-bond donors (Lipinski definition) is 1. The number of thiazole rings is 1. The average Bonchev–Trinajstić information content (AvgIpc) is 2.95. The minimum Gasteiger partial charge on any atom is -0.303 e. The van der Waals surface area contributed by atoms with Gasteiger partial charge in [0, 0.05) is 17.6 Å². The van der Waals surface area contributed by atoms with E-state index in [1.54, 1.807) is 0 Å². The van der Waals surface area contributed by atoms with Gasteiger partial charge in [-0.05, 0) is 56.8 Å². The lowest BCUT2D eigenvalue weighted by Gasteiger charge is -2.45. The minimum absolute atomic E-state index is 0.225. The fourth-order valence-corrected chi connectivity index (χ4v) is 5.19. The van der Waals surface area contributed by atoms with E-state index in [0.717, 1.165) is 6.04 Å². The van der Waals surface area contributed by atoms with Gasteiger partial charge in [-0.2, -0.15) is 0 Å². The van der Waals surface area contributed by atoms with Gasteiger partial charge in [0.15, 0.2) is 0 Å². The Kier molecular flexibility index (Phi) is 2.96. The molecule has 1 spiro atoms. The maximum absolute atomic E-state index is 4.66. The van der Waals surface area contributed by atoms with Crippen LogP contribution >= 0.6 is 11.3 Å². The van der Waals surface area contributed by atoms with E-state index in [9.17, 15) is 0 Å². The summed E-state index contributed by atoms with van der Waals surface area (Å²) in [5.41, 5.74) is 0.940. The number of hydrogen-bond acceptors (Lipinski definition) is 3. The smallest absolute Gasteiger partial charge is 0.113 e. The average molecular weight is 276 g/mol. The second-order valence-corrected chi connectivity index (χ2v) is 7.94. The largest absolute Gasteiger partial charge is 0.303 e. The molecule has 0 aromatic carbocycles. The zero-order valence-electron chi connectivity index (χ0n) is 11.7. The van der Waals surface area contributed by atoms with Crippen LogP contribution in [0.1, 0.15) is 69.2 Å². The Labute approximate surface area is 120 Å². The third-order valence-corrected chi connectivity index (χ3v) is 6.71. The Hall–Kier alpha value is -0.410. The lowest BCUT2D eigenvalue weighted by molar-refractivity contribution is 0.107. The molecule has 1 N–H and O–H groups in total. The molecule has 0 saturated heterocycles. The highest BCUT2D eigenvalue weighted by atomic mass is 32.1. The summed E-state index contributed by atoms with van der Waals surface area (Å²) in [5, 5.41) is 7.46. The summed E-state index contributed by atoms with van der Waals surface area (Å²) >= 11 is 1.86. The SMILES string of the molecule is c1csc(C2(NC3CC3)CCC3(CCCC3)CC2)n1. The highest BCUT2D eigenvalue weighted by Crippen LogP contribution is 2.54. The van der Waals surface area contributed by atoms with E-state index in [2.05, 4.69) is 15.7 Å². The van der Waals surface area contributed by atoms with E-state index < -0.39 is 0 Å². The predicted molar refractivity (Wildman–Crippen MR) is 79.3 cm³/mol. The summed E-state index contributed by atoms with van der Waals surface area (Å²) in [6.45, 7) is 0. The molecule has 3 saturated carbocycles. The normalized spacial score (nSPS) is 28.8. The van der Waals surface area contributed by atoms with Crippen LogP contribution in [0.15, 0.2) is 11.6 Å². The van der Waals surface area contributed by atoms with Crippen LogP contribution in [0, 0.1) is 5.41 Å². The topological polar surface area (TPSA) is 24.9 Å². The summed E-state index contributed by atoms with van der Waals surface area (Å²) in [7, 11) is 0. The van der Waals surface area contributed by atoms with Crippen molar-refractivity contribution in [1.82, 2.24) is 10.3 Å². The molecule has 3 fully saturated rings. The summed E-state index contributed by atoms with van der Waals surface area (Å²) in [4.78, 5) is 4.66. The van der Waals surface area contributed by atoms with Crippen LogP contribution in [0.2, 0.25) is 0 Å². The van der Waals surface area contributed by atoms with Crippen LogP contribution in [-0.2, 0) is 5.54 Å². The van der Waals surface area contributed by atoms with Crippen LogP contribution in [0.5, 0.6) is 0 Å². The van der Waals surface area contributed by atoms with Gasteiger partial charge in [-0.25, -0.2) is 4.98 Å². The molecule has 3 aliphatic carbocycles. The summed E-state index contributed by atoms with van der Waals surface area (Å²) in [5.74, 6) is 0. The molecular formula is C16H24N2S. The molecule has 1 heterocycles. The molecule has 0 bridgehead atoms. The van der Waals surface area contributed by atoms with Gasteiger partial charge in [-0.1, -0.05) is 12.8 Å². The quantitative estimate of drug-likeness (QED) is 0.894. The van der Waals surface area contributed by atoms with Crippen molar-refractivity contribution < 1.29 is 0 Å². The summed E-state index contributed by atoms with van der Waals surface area (Å²) in [6, 6.07) is 0.779. The molecular weight excluding hydrogens is 252 g/mol. The zero-order valence-corrected chi connectivity index (χ0v) is 12.5. The van der Waals surface area contributed by atoms with Gasteiger partial charge in [0.05, 0.1) is 5.54 Å². The van der Waals surface area contributed by atoms with Crippen LogP contribution in [0.3, 0.4) is 0 Å². The first-order valence-electron chi connectivity index (χ1n) is 7.98. The number of nitrogens with zero attached hydrogens (tertiary/aromatic N) is 1. The monoisotopic (exact) mass is 276 g/mol. The first-order chi connectivity index (χ1) is 9.30. The van der Waals surface area contributed by atoms with Gasteiger partial charge in [0.25, 0.3) is 0 Å². The van der Waals surface area contributed by atoms with Crippen molar-refractivity contribution in [3.63, 3.8) is 0 Å². The molecule has 104 valence electrons. The molecule has 2 nitrogen and oxygen atoms in total. The third-order valence-electron chi connectivity index (χ3n) is 5.73. The fraction of sp³-hybridized carbons (Fsp3) is 0.812. The van der Waals surface area contributed by atoms with Crippen molar-refractivity contribution in [3.05, 3.63) is 16.6 Å². The van der Waals surface area contributed by atoms with Crippen LogP contribution in [0.25, 0.3) is 0 Å². The molecule has 3 aliphatic rings. The fourth-order valence-electron chi connectivity index (χ4n) is 4.33. The molecule has 1 aromatic heterocycles. The van der Waals surface area contributed by atoms with E-state index in [0.29, 0.717) is 5.41 Å². The minimum atomic E-state index is 0.225. The van der Waals surface area contributed by atoms with E-state index in [-0.39, 0.29) is 5.54 Å². The molecule has 3 heteroatoms. The Morgan fingerprint density at radius 3 is 2.37 bits per heavy atom. The van der Waals surface area contributed by atoms with Crippen molar-refractivity contribution in [1.29, 1.82) is 0 Å². The maximum atomic E-state index is 4.66. The predicted octanol–water partition coefficient (Wildman–Crippen LogP) is 4.22. The molecule has 4 rings (SSSR count). The van der Waals surface area contributed by atoms with Gasteiger partial charge in [-0.3, -0.25) is 0 Å². The van der Waals surface area contributed by atoms with E-state index >= 15 is 0 Å². The summed E-state index contributed by atoms with van der Waals surface area (Å²) < 4.78 is 0. The number of nitrogens with one attached hydrogen (secondary N) is 1.